The molecule has 1 aromatic carbocycles. The van der Waals surface area contributed by atoms with Gasteiger partial charge in [-0.05, 0) is 32.3 Å². The van der Waals surface area contributed by atoms with E-state index in [4.69, 9.17) is 18.5 Å². The highest BCUT2D eigenvalue weighted by molar-refractivity contribution is 7.45. The zero-order valence-electron chi connectivity index (χ0n) is 21.0. The van der Waals surface area contributed by atoms with Gasteiger partial charge in [-0.1, -0.05) is 35.3 Å². The molecule has 0 saturated carbocycles. The average Bonchev–Trinajstić information content (AvgIpc) is 3.60. The number of H-pyrrole nitrogens is 1. The summed E-state index contributed by atoms with van der Waals surface area (Å²) in [5.41, 5.74) is 0.939. The largest absolute Gasteiger partial charge is 0.402 e. The minimum atomic E-state index is -1.26. The van der Waals surface area contributed by atoms with E-state index in [1.54, 1.807) is 19.5 Å². The maximum Gasteiger partial charge on any atom is 0.402 e. The minimum absolute atomic E-state index is 0.00695. The molecule has 5 heterocycles. The third-order valence-electron chi connectivity index (χ3n) is 7.34. The second kappa shape index (κ2) is 9.28. The molecule has 4 fully saturated rings. The van der Waals surface area contributed by atoms with Gasteiger partial charge >= 0.3 is 11.5 Å². The topological polar surface area (TPSA) is 92.5 Å². The Bertz CT molecular complexity index is 1210. The Kier molecular flexibility index (Phi) is 6.22. The van der Waals surface area contributed by atoms with Crippen LogP contribution < -0.4 is 10.1 Å². The lowest BCUT2D eigenvalue weighted by atomic mass is 10.0. The molecule has 4 aliphatic rings. The smallest absolute Gasteiger partial charge is 0.366 e. The van der Waals surface area contributed by atoms with Crippen molar-refractivity contribution in [3.05, 3.63) is 58.0 Å². The number of ether oxygens (including phenoxy) is 2. The van der Waals surface area contributed by atoms with Gasteiger partial charge in [0.05, 0.1) is 18.4 Å². The van der Waals surface area contributed by atoms with Crippen LogP contribution in [0.25, 0.3) is 0 Å². The number of benzene rings is 1. The lowest BCUT2D eigenvalue weighted by Gasteiger charge is -2.28. The summed E-state index contributed by atoms with van der Waals surface area (Å²) in [4.78, 5) is 21.5. The summed E-state index contributed by atoms with van der Waals surface area (Å²) in [6, 6.07) is 10.7. The van der Waals surface area contributed by atoms with Crippen LogP contribution in [0.15, 0.2) is 46.3 Å². The molecule has 4 aliphatic heterocycles. The fourth-order valence-corrected chi connectivity index (χ4v) is 7.59. The molecule has 1 N–H and O–H groups in total. The molecule has 10 nitrogen and oxygen atoms in total. The van der Waals surface area contributed by atoms with E-state index in [1.165, 1.54) is 5.56 Å². The van der Waals surface area contributed by atoms with Crippen LogP contribution in [0.4, 0.5) is 5.95 Å². The molecular formula is C25H33N5O5P+. The summed E-state index contributed by atoms with van der Waals surface area (Å²) in [6.45, 7) is 5.20. The van der Waals surface area contributed by atoms with Crippen LogP contribution in [0.5, 0.6) is 0 Å². The molecule has 192 valence electrons. The van der Waals surface area contributed by atoms with Gasteiger partial charge in [0.1, 0.15) is 23.9 Å². The fourth-order valence-electron chi connectivity index (χ4n) is 5.52. The summed E-state index contributed by atoms with van der Waals surface area (Å²) in [6.07, 6.45) is 4.51. The Balaban J connectivity index is 1.27. The molecule has 0 spiro atoms. The molecule has 6 rings (SSSR count). The first-order valence-electron chi connectivity index (χ1n) is 12.4. The van der Waals surface area contributed by atoms with Crippen LogP contribution in [-0.4, -0.2) is 72.0 Å². The van der Waals surface area contributed by atoms with Crippen molar-refractivity contribution < 1.29 is 23.1 Å². The number of hydrogen-bond acceptors (Lipinski definition) is 7. The third-order valence-corrected chi connectivity index (χ3v) is 9.08. The predicted molar refractivity (Wildman–Crippen MR) is 134 cm³/mol. The summed E-state index contributed by atoms with van der Waals surface area (Å²) >= 11 is 0. The lowest BCUT2D eigenvalue weighted by Crippen LogP contribution is -2.50. The van der Waals surface area contributed by atoms with E-state index in [-0.39, 0.29) is 23.9 Å². The molecule has 0 aliphatic carbocycles. The summed E-state index contributed by atoms with van der Waals surface area (Å²) in [5, 5.41) is 0. The summed E-state index contributed by atoms with van der Waals surface area (Å²) in [5.74, 6) is 0.398. The molecule has 4 saturated heterocycles. The second-order valence-corrected chi connectivity index (χ2v) is 11.8. The van der Waals surface area contributed by atoms with E-state index < -0.39 is 20.4 Å². The Labute approximate surface area is 211 Å². The fraction of sp³-hybridized carbons (Fsp3) is 0.560. The van der Waals surface area contributed by atoms with Gasteiger partial charge in [-0.25, -0.2) is 14.2 Å². The summed E-state index contributed by atoms with van der Waals surface area (Å²) in [7, 11) is 2.49. The van der Waals surface area contributed by atoms with Gasteiger partial charge in [-0.3, -0.25) is 4.79 Å². The maximum atomic E-state index is 12.3. The van der Waals surface area contributed by atoms with E-state index in [1.807, 2.05) is 36.6 Å². The van der Waals surface area contributed by atoms with Gasteiger partial charge in [0.15, 0.2) is 6.34 Å². The van der Waals surface area contributed by atoms with Gasteiger partial charge in [0.25, 0.3) is 8.53 Å². The Morgan fingerprint density at radius 2 is 2.14 bits per heavy atom. The molecule has 0 amide bonds. The van der Waals surface area contributed by atoms with Crippen molar-refractivity contribution in [2.75, 3.05) is 27.2 Å². The number of fused-ring (bicyclic) bond motifs is 3. The normalized spacial score (nSPS) is 35.7. The first-order valence-corrected chi connectivity index (χ1v) is 13.6. The SMILES string of the molecule is Cc1c[n+]([C@@H]2O[C@@]3(C)CO[C@H]2C3O[P@@]2O[C@H](c3ccccc3)[C@@H]3CCCN32)c(N=CN(C)C)[nH]c1=O. The van der Waals surface area contributed by atoms with Gasteiger partial charge in [-0.15, -0.1) is 0 Å². The van der Waals surface area contributed by atoms with Crippen LogP contribution in [0.3, 0.4) is 0 Å². The van der Waals surface area contributed by atoms with E-state index in [0.29, 0.717) is 24.2 Å². The van der Waals surface area contributed by atoms with Gasteiger partial charge in [0.2, 0.25) is 6.23 Å². The van der Waals surface area contributed by atoms with Gasteiger partial charge in [-0.2, -0.15) is 0 Å². The number of aryl methyl sites for hydroxylation is 1. The standard InChI is InChI=1S/C25H32N5O5P/c1-16-13-29(24(27-22(16)31)26-15-28(3)4)23-20-21(25(2,33-23)14-32-20)35-36-30-12-8-11-18(30)19(34-36)17-9-6-5-7-10-17/h5-7,9-10,13,15,18-21,23H,8,11-12,14H2,1-4H3/p+1/t18-,19+,20-,21?,23+,25-,36+/m0/s1. The Morgan fingerprint density at radius 1 is 1.33 bits per heavy atom. The molecule has 1 aromatic heterocycles. The van der Waals surface area contributed by atoms with Gasteiger partial charge < -0.3 is 23.4 Å². The van der Waals surface area contributed by atoms with Crippen molar-refractivity contribution >= 4 is 20.8 Å². The third kappa shape index (κ3) is 4.10. The van der Waals surface area contributed by atoms with E-state index in [2.05, 4.69) is 38.9 Å². The van der Waals surface area contributed by atoms with Crippen LogP contribution in [-0.2, 0) is 18.5 Å². The molecule has 11 heteroatoms. The quantitative estimate of drug-likeness (QED) is 0.274. The van der Waals surface area contributed by atoms with Crippen molar-refractivity contribution in [3.8, 4) is 0 Å². The van der Waals surface area contributed by atoms with Crippen molar-refractivity contribution in [1.29, 1.82) is 0 Å². The average molecular weight is 515 g/mol. The van der Waals surface area contributed by atoms with Crippen LogP contribution in [0.1, 0.15) is 43.2 Å². The van der Waals surface area contributed by atoms with E-state index in [0.717, 1.165) is 19.4 Å². The molecule has 2 bridgehead atoms. The maximum absolute atomic E-state index is 12.3. The lowest BCUT2D eigenvalue weighted by molar-refractivity contribution is -0.762. The number of rotatable bonds is 6. The second-order valence-electron chi connectivity index (χ2n) is 10.4. The number of nitrogens with one attached hydrogen (secondary N) is 1. The highest BCUT2D eigenvalue weighted by Gasteiger charge is 2.64. The number of nitrogens with zero attached hydrogens (tertiary/aromatic N) is 4. The number of aromatic amines is 1. The highest BCUT2D eigenvalue weighted by atomic mass is 31.2. The van der Waals surface area contributed by atoms with Crippen molar-refractivity contribution in [3.63, 3.8) is 0 Å². The first kappa shape index (κ1) is 24.2. The number of aromatic nitrogens is 2. The van der Waals surface area contributed by atoms with Crippen molar-refractivity contribution in [2.24, 2.45) is 4.99 Å². The molecule has 2 aromatic rings. The Morgan fingerprint density at radius 3 is 2.92 bits per heavy atom. The van der Waals surface area contributed by atoms with Crippen LogP contribution >= 0.6 is 8.53 Å². The first-order chi connectivity index (χ1) is 17.3. The van der Waals surface area contributed by atoms with Crippen LogP contribution in [0.2, 0.25) is 0 Å². The van der Waals surface area contributed by atoms with Crippen molar-refractivity contribution in [1.82, 2.24) is 14.6 Å². The molecule has 36 heavy (non-hydrogen) atoms. The molecule has 0 radical (unpaired) electrons. The zero-order valence-corrected chi connectivity index (χ0v) is 21.9. The van der Waals surface area contributed by atoms with E-state index in [9.17, 15) is 4.79 Å². The number of aliphatic imine (C=N–C) groups is 1. The Hall–Kier alpha value is -2.20. The van der Waals surface area contributed by atoms with Crippen molar-refractivity contribution in [2.45, 2.75) is 62.9 Å². The highest BCUT2D eigenvalue weighted by Crippen LogP contribution is 2.63. The molecular weight excluding hydrogens is 481 g/mol. The van der Waals surface area contributed by atoms with Gasteiger partial charge in [0, 0.05) is 26.7 Å². The predicted octanol–water partition coefficient (Wildman–Crippen LogP) is 2.73. The van der Waals surface area contributed by atoms with E-state index >= 15 is 0 Å². The minimum Gasteiger partial charge on any atom is -0.366 e. The zero-order chi connectivity index (χ0) is 25.0. The molecule has 7 atom stereocenters. The monoisotopic (exact) mass is 514 g/mol. The van der Waals surface area contributed by atoms with Crippen LogP contribution in [0, 0.1) is 6.92 Å². The number of hydrogen-bond donors (Lipinski definition) is 1. The molecule has 1 unspecified atom stereocenters. The summed E-state index contributed by atoms with van der Waals surface area (Å²) < 4.78 is 30.4.